The molecule has 0 saturated carbocycles. The van der Waals surface area contributed by atoms with Crippen molar-refractivity contribution >= 4 is 21.8 Å². The molecule has 0 aliphatic carbocycles. The molecule has 0 atom stereocenters. The van der Waals surface area contributed by atoms with E-state index in [1.807, 2.05) is 14.0 Å². The Kier molecular flexibility index (Phi) is 4.13. The number of amides is 1. The average Bonchev–Trinajstić information content (AvgIpc) is 2.45. The molecule has 0 unspecified atom stereocenters. The van der Waals surface area contributed by atoms with Gasteiger partial charge in [0, 0.05) is 25.1 Å². The Labute approximate surface area is 91.8 Å². The fourth-order valence-corrected chi connectivity index (χ4v) is 1.47. The quantitative estimate of drug-likeness (QED) is 0.654. The third kappa shape index (κ3) is 2.83. The van der Waals surface area contributed by atoms with Gasteiger partial charge >= 0.3 is 0 Å². The molecule has 78 valence electrons. The first-order valence-corrected chi connectivity index (χ1v) is 5.61. The zero-order valence-corrected chi connectivity index (χ0v) is 9.97. The summed E-state index contributed by atoms with van der Waals surface area (Å²) in [7, 11) is 1.81. The standard InChI is InChI=1S/C9H14BrN3O/c1-7-8(6-13(2)12-7)9(14)11-5-3-4-10/h6H,3-5H2,1-2H3,(H,11,14). The molecule has 0 aromatic carbocycles. The smallest absolute Gasteiger partial charge is 0.254 e. The highest BCUT2D eigenvalue weighted by molar-refractivity contribution is 9.09. The van der Waals surface area contributed by atoms with Crippen LogP contribution in [0.1, 0.15) is 22.5 Å². The van der Waals surface area contributed by atoms with Crippen LogP contribution in [0, 0.1) is 6.92 Å². The number of aromatic nitrogens is 2. The van der Waals surface area contributed by atoms with Crippen molar-refractivity contribution in [2.24, 2.45) is 7.05 Å². The second-order valence-corrected chi connectivity index (χ2v) is 3.89. The van der Waals surface area contributed by atoms with Crippen molar-refractivity contribution in [2.75, 3.05) is 11.9 Å². The van der Waals surface area contributed by atoms with Crippen LogP contribution in [0.5, 0.6) is 0 Å². The molecule has 0 aliphatic heterocycles. The number of hydrogen-bond acceptors (Lipinski definition) is 2. The largest absolute Gasteiger partial charge is 0.352 e. The topological polar surface area (TPSA) is 46.9 Å². The Bertz CT molecular complexity index is 322. The molecule has 1 N–H and O–H groups in total. The van der Waals surface area contributed by atoms with E-state index in [9.17, 15) is 4.79 Å². The lowest BCUT2D eigenvalue weighted by molar-refractivity contribution is 0.0953. The number of hydrogen-bond donors (Lipinski definition) is 1. The van der Waals surface area contributed by atoms with E-state index in [-0.39, 0.29) is 5.91 Å². The van der Waals surface area contributed by atoms with Gasteiger partial charge in [-0.15, -0.1) is 0 Å². The van der Waals surface area contributed by atoms with Gasteiger partial charge in [-0.3, -0.25) is 9.48 Å². The molecular weight excluding hydrogens is 246 g/mol. The normalized spacial score (nSPS) is 10.2. The zero-order chi connectivity index (χ0) is 10.6. The maximum absolute atomic E-state index is 11.6. The lowest BCUT2D eigenvalue weighted by atomic mass is 10.2. The van der Waals surface area contributed by atoms with Crippen molar-refractivity contribution in [3.8, 4) is 0 Å². The molecule has 1 rings (SSSR count). The van der Waals surface area contributed by atoms with E-state index < -0.39 is 0 Å². The van der Waals surface area contributed by atoms with E-state index in [4.69, 9.17) is 0 Å². The van der Waals surface area contributed by atoms with Crippen molar-refractivity contribution in [3.05, 3.63) is 17.5 Å². The van der Waals surface area contributed by atoms with Crippen molar-refractivity contribution < 1.29 is 4.79 Å². The number of nitrogens with zero attached hydrogens (tertiary/aromatic N) is 2. The predicted molar refractivity (Wildman–Crippen MR) is 58.7 cm³/mol. The highest BCUT2D eigenvalue weighted by Crippen LogP contribution is 2.03. The lowest BCUT2D eigenvalue weighted by Gasteiger charge is -2.01. The zero-order valence-electron chi connectivity index (χ0n) is 8.38. The fraction of sp³-hybridized carbons (Fsp3) is 0.556. The van der Waals surface area contributed by atoms with Crippen LogP contribution in [-0.4, -0.2) is 27.6 Å². The number of carbonyl (C=O) groups excluding carboxylic acids is 1. The van der Waals surface area contributed by atoms with E-state index >= 15 is 0 Å². The second-order valence-electron chi connectivity index (χ2n) is 3.10. The van der Waals surface area contributed by atoms with Gasteiger partial charge in [0.15, 0.2) is 0 Å². The highest BCUT2D eigenvalue weighted by atomic mass is 79.9. The van der Waals surface area contributed by atoms with E-state index in [1.165, 1.54) is 0 Å². The Morgan fingerprint density at radius 2 is 2.43 bits per heavy atom. The summed E-state index contributed by atoms with van der Waals surface area (Å²) in [5, 5.41) is 7.84. The number of aryl methyl sites for hydroxylation is 2. The Morgan fingerprint density at radius 1 is 1.71 bits per heavy atom. The van der Waals surface area contributed by atoms with Crippen LogP contribution < -0.4 is 5.32 Å². The first-order valence-electron chi connectivity index (χ1n) is 4.49. The lowest BCUT2D eigenvalue weighted by Crippen LogP contribution is -2.24. The predicted octanol–water partition coefficient (Wildman–Crippen LogP) is 1.24. The Hall–Kier alpha value is -0.840. The monoisotopic (exact) mass is 259 g/mol. The third-order valence-electron chi connectivity index (χ3n) is 1.85. The first kappa shape index (κ1) is 11.2. The summed E-state index contributed by atoms with van der Waals surface area (Å²) >= 11 is 3.31. The first-order chi connectivity index (χ1) is 6.65. The van der Waals surface area contributed by atoms with E-state index in [2.05, 4.69) is 26.3 Å². The summed E-state index contributed by atoms with van der Waals surface area (Å²) in [6.07, 6.45) is 2.67. The van der Waals surface area contributed by atoms with Gasteiger partial charge in [-0.1, -0.05) is 15.9 Å². The Balaban J connectivity index is 2.56. The van der Waals surface area contributed by atoms with Gasteiger partial charge in [0.2, 0.25) is 0 Å². The molecule has 14 heavy (non-hydrogen) atoms. The molecule has 0 bridgehead atoms. The van der Waals surface area contributed by atoms with E-state index in [1.54, 1.807) is 10.9 Å². The van der Waals surface area contributed by atoms with Crippen LogP contribution in [0.15, 0.2) is 6.20 Å². The summed E-state index contributed by atoms with van der Waals surface area (Å²) in [5.41, 5.74) is 1.42. The minimum Gasteiger partial charge on any atom is -0.352 e. The molecule has 1 heterocycles. The van der Waals surface area contributed by atoms with Crippen LogP contribution >= 0.6 is 15.9 Å². The molecule has 0 radical (unpaired) electrons. The van der Waals surface area contributed by atoms with Crippen LogP contribution in [0.3, 0.4) is 0 Å². The van der Waals surface area contributed by atoms with Gasteiger partial charge in [0.05, 0.1) is 11.3 Å². The van der Waals surface area contributed by atoms with Crippen molar-refractivity contribution in [1.82, 2.24) is 15.1 Å². The summed E-state index contributed by atoms with van der Waals surface area (Å²) in [6.45, 7) is 2.53. The molecular formula is C9H14BrN3O. The minimum atomic E-state index is -0.0449. The van der Waals surface area contributed by atoms with E-state index in [0.29, 0.717) is 12.1 Å². The molecule has 1 aromatic rings. The SMILES string of the molecule is Cc1nn(C)cc1C(=O)NCCCBr. The Morgan fingerprint density at radius 3 is 2.93 bits per heavy atom. The second kappa shape index (κ2) is 5.14. The van der Waals surface area contributed by atoms with Crippen LogP contribution in [0.2, 0.25) is 0 Å². The molecule has 0 spiro atoms. The van der Waals surface area contributed by atoms with Gasteiger partial charge in [0.25, 0.3) is 5.91 Å². The summed E-state index contributed by atoms with van der Waals surface area (Å²) in [6, 6.07) is 0. The maximum atomic E-state index is 11.6. The minimum absolute atomic E-state index is 0.0449. The molecule has 0 saturated heterocycles. The van der Waals surface area contributed by atoms with Gasteiger partial charge in [-0.2, -0.15) is 5.10 Å². The van der Waals surface area contributed by atoms with Gasteiger partial charge in [0.1, 0.15) is 0 Å². The molecule has 5 heteroatoms. The van der Waals surface area contributed by atoms with Crippen LogP contribution in [-0.2, 0) is 7.05 Å². The molecule has 1 aromatic heterocycles. The fourth-order valence-electron chi connectivity index (χ4n) is 1.19. The molecule has 0 aliphatic rings. The average molecular weight is 260 g/mol. The van der Waals surface area contributed by atoms with Crippen LogP contribution in [0.25, 0.3) is 0 Å². The van der Waals surface area contributed by atoms with Gasteiger partial charge < -0.3 is 5.32 Å². The van der Waals surface area contributed by atoms with Crippen molar-refractivity contribution in [3.63, 3.8) is 0 Å². The molecule has 0 fully saturated rings. The molecule has 1 amide bonds. The van der Waals surface area contributed by atoms with Crippen molar-refractivity contribution in [2.45, 2.75) is 13.3 Å². The van der Waals surface area contributed by atoms with E-state index in [0.717, 1.165) is 17.4 Å². The number of alkyl halides is 1. The summed E-state index contributed by atoms with van der Waals surface area (Å²) in [5.74, 6) is -0.0449. The summed E-state index contributed by atoms with van der Waals surface area (Å²) < 4.78 is 1.65. The molecule has 4 nitrogen and oxygen atoms in total. The summed E-state index contributed by atoms with van der Waals surface area (Å²) in [4.78, 5) is 11.6. The number of carbonyl (C=O) groups is 1. The third-order valence-corrected chi connectivity index (χ3v) is 2.41. The van der Waals surface area contributed by atoms with Crippen LogP contribution in [0.4, 0.5) is 0 Å². The number of halogens is 1. The number of rotatable bonds is 4. The maximum Gasteiger partial charge on any atom is 0.254 e. The number of nitrogens with one attached hydrogen (secondary N) is 1. The highest BCUT2D eigenvalue weighted by Gasteiger charge is 2.10. The van der Waals surface area contributed by atoms with Crippen molar-refractivity contribution in [1.29, 1.82) is 0 Å². The van der Waals surface area contributed by atoms with Gasteiger partial charge in [-0.05, 0) is 13.3 Å². The van der Waals surface area contributed by atoms with Gasteiger partial charge in [-0.25, -0.2) is 0 Å².